The number of amides is 2. The number of nitrogens with one attached hydrogen (secondary N) is 2. The highest BCUT2D eigenvalue weighted by Crippen LogP contribution is 2.18. The van der Waals surface area contributed by atoms with E-state index in [1.807, 2.05) is 54.6 Å². The molecule has 2 rings (SSSR count). The van der Waals surface area contributed by atoms with Crippen LogP contribution in [0.1, 0.15) is 50.3 Å². The summed E-state index contributed by atoms with van der Waals surface area (Å²) in [5.41, 5.74) is 2.62. The second-order valence-electron chi connectivity index (χ2n) is 6.85. The summed E-state index contributed by atoms with van der Waals surface area (Å²) in [4.78, 5) is 35.6. The molecule has 6 heteroatoms. The zero-order valence-corrected chi connectivity index (χ0v) is 16.4. The summed E-state index contributed by atoms with van der Waals surface area (Å²) in [7, 11) is 0. The molecule has 0 bridgehead atoms. The summed E-state index contributed by atoms with van der Waals surface area (Å²) < 4.78 is 5.07. The van der Waals surface area contributed by atoms with Crippen LogP contribution in [0.2, 0.25) is 0 Å². The fraction of sp³-hybridized carbons (Fsp3) is 0.318. The van der Waals surface area contributed by atoms with E-state index < -0.39 is 17.9 Å². The Labute approximate surface area is 165 Å². The fourth-order valence-electron chi connectivity index (χ4n) is 2.70. The first-order valence-electron chi connectivity index (χ1n) is 9.22. The molecule has 0 fully saturated rings. The van der Waals surface area contributed by atoms with Crippen molar-refractivity contribution in [1.29, 1.82) is 0 Å². The molecule has 0 spiro atoms. The minimum Gasteiger partial charge on any atom is -0.455 e. The van der Waals surface area contributed by atoms with E-state index in [-0.39, 0.29) is 18.9 Å². The SMILES string of the molecule is CC(=O)N[C@@H](CC(=O)OCC(=O)Nc1ccc(C(C)C)cc1)c1ccccc1. The van der Waals surface area contributed by atoms with Gasteiger partial charge in [-0.25, -0.2) is 0 Å². The Bertz CT molecular complexity index is 801. The van der Waals surface area contributed by atoms with Crippen molar-refractivity contribution >= 4 is 23.5 Å². The van der Waals surface area contributed by atoms with Crippen LogP contribution in [0.15, 0.2) is 54.6 Å². The van der Waals surface area contributed by atoms with Crippen LogP contribution in [0.4, 0.5) is 5.69 Å². The van der Waals surface area contributed by atoms with Crippen LogP contribution in [0, 0.1) is 0 Å². The molecule has 1 atom stereocenters. The van der Waals surface area contributed by atoms with Gasteiger partial charge in [0.05, 0.1) is 12.5 Å². The molecule has 148 valence electrons. The van der Waals surface area contributed by atoms with Crippen molar-refractivity contribution < 1.29 is 19.1 Å². The first kappa shape index (κ1) is 21.2. The molecule has 6 nitrogen and oxygen atoms in total. The largest absolute Gasteiger partial charge is 0.455 e. The molecule has 2 N–H and O–H groups in total. The van der Waals surface area contributed by atoms with Gasteiger partial charge < -0.3 is 15.4 Å². The molecule has 0 aliphatic rings. The Morgan fingerprint density at radius 1 is 0.929 bits per heavy atom. The Balaban J connectivity index is 1.85. The summed E-state index contributed by atoms with van der Waals surface area (Å²) in [6, 6.07) is 16.2. The molecule has 0 aromatic heterocycles. The van der Waals surface area contributed by atoms with Crippen LogP contribution in [0.3, 0.4) is 0 Å². The van der Waals surface area contributed by atoms with Gasteiger partial charge in [-0.2, -0.15) is 0 Å². The maximum Gasteiger partial charge on any atom is 0.308 e. The maximum absolute atomic E-state index is 12.1. The van der Waals surface area contributed by atoms with Crippen molar-refractivity contribution in [2.24, 2.45) is 0 Å². The van der Waals surface area contributed by atoms with Crippen LogP contribution >= 0.6 is 0 Å². The number of hydrogen-bond donors (Lipinski definition) is 2. The van der Waals surface area contributed by atoms with E-state index in [2.05, 4.69) is 24.5 Å². The van der Waals surface area contributed by atoms with E-state index in [1.54, 1.807) is 0 Å². The summed E-state index contributed by atoms with van der Waals surface area (Å²) in [5, 5.41) is 5.42. The van der Waals surface area contributed by atoms with Gasteiger partial charge >= 0.3 is 5.97 Å². The third-order valence-electron chi connectivity index (χ3n) is 4.18. The van der Waals surface area contributed by atoms with Gasteiger partial charge in [0.25, 0.3) is 5.91 Å². The number of ether oxygens (including phenoxy) is 1. The van der Waals surface area contributed by atoms with Crippen LogP contribution in [0.5, 0.6) is 0 Å². The number of rotatable bonds is 8. The standard InChI is InChI=1S/C22H26N2O4/c1-15(2)17-9-11-19(12-10-17)24-21(26)14-28-22(27)13-20(23-16(3)25)18-7-5-4-6-8-18/h4-12,15,20H,13-14H2,1-3H3,(H,23,25)(H,24,26)/t20-/m0/s1. The average molecular weight is 382 g/mol. The molecular formula is C22H26N2O4. The van der Waals surface area contributed by atoms with E-state index in [1.165, 1.54) is 12.5 Å². The monoisotopic (exact) mass is 382 g/mol. The van der Waals surface area contributed by atoms with Crippen LogP contribution in [-0.4, -0.2) is 24.4 Å². The molecule has 2 aromatic rings. The third kappa shape index (κ3) is 6.87. The van der Waals surface area contributed by atoms with E-state index in [9.17, 15) is 14.4 Å². The number of carbonyl (C=O) groups is 3. The van der Waals surface area contributed by atoms with E-state index in [0.29, 0.717) is 11.6 Å². The molecule has 0 aliphatic heterocycles. The summed E-state index contributed by atoms with van der Waals surface area (Å²) >= 11 is 0. The minimum absolute atomic E-state index is 0.0556. The van der Waals surface area contributed by atoms with Gasteiger partial charge in [-0.1, -0.05) is 56.3 Å². The first-order valence-corrected chi connectivity index (χ1v) is 9.22. The van der Waals surface area contributed by atoms with Crippen LogP contribution in [0.25, 0.3) is 0 Å². The molecule has 2 aromatic carbocycles. The van der Waals surface area contributed by atoms with E-state index in [4.69, 9.17) is 4.74 Å². The van der Waals surface area contributed by atoms with Crippen molar-refractivity contribution in [2.45, 2.75) is 39.2 Å². The highest BCUT2D eigenvalue weighted by atomic mass is 16.5. The van der Waals surface area contributed by atoms with Gasteiger partial charge in [-0.3, -0.25) is 14.4 Å². The topological polar surface area (TPSA) is 84.5 Å². The molecule has 0 heterocycles. The van der Waals surface area contributed by atoms with Crippen molar-refractivity contribution in [3.63, 3.8) is 0 Å². The molecule has 0 radical (unpaired) electrons. The maximum atomic E-state index is 12.1. The molecule has 2 amide bonds. The van der Waals surface area contributed by atoms with Gasteiger partial charge in [0.2, 0.25) is 5.91 Å². The summed E-state index contributed by atoms with van der Waals surface area (Å²) in [6.07, 6.45) is -0.0556. The summed E-state index contributed by atoms with van der Waals surface area (Å²) in [6.45, 7) is 5.19. The second kappa shape index (κ2) is 10.3. The number of benzene rings is 2. The molecule has 0 aliphatic carbocycles. The molecular weight excluding hydrogens is 356 g/mol. The smallest absolute Gasteiger partial charge is 0.308 e. The van der Waals surface area contributed by atoms with E-state index >= 15 is 0 Å². The average Bonchev–Trinajstić information content (AvgIpc) is 2.66. The highest BCUT2D eigenvalue weighted by molar-refractivity contribution is 5.92. The lowest BCUT2D eigenvalue weighted by Crippen LogP contribution is -2.29. The van der Waals surface area contributed by atoms with Crippen molar-refractivity contribution in [1.82, 2.24) is 5.32 Å². The van der Waals surface area contributed by atoms with Crippen LogP contribution in [-0.2, 0) is 19.1 Å². The lowest BCUT2D eigenvalue weighted by Gasteiger charge is -2.17. The zero-order valence-electron chi connectivity index (χ0n) is 16.4. The van der Waals surface area contributed by atoms with Gasteiger partial charge in [0, 0.05) is 12.6 Å². The lowest BCUT2D eigenvalue weighted by molar-refractivity contribution is -0.148. The number of hydrogen-bond acceptors (Lipinski definition) is 4. The molecule has 0 saturated heterocycles. The second-order valence-corrected chi connectivity index (χ2v) is 6.85. The van der Waals surface area contributed by atoms with Crippen molar-refractivity contribution in [3.05, 3.63) is 65.7 Å². The number of esters is 1. The highest BCUT2D eigenvalue weighted by Gasteiger charge is 2.18. The zero-order chi connectivity index (χ0) is 20.5. The number of carbonyl (C=O) groups excluding carboxylic acids is 3. The Morgan fingerprint density at radius 3 is 2.14 bits per heavy atom. The van der Waals surface area contributed by atoms with E-state index in [0.717, 1.165) is 5.56 Å². The predicted molar refractivity (Wildman–Crippen MR) is 108 cm³/mol. The first-order chi connectivity index (χ1) is 13.3. The molecule has 0 unspecified atom stereocenters. The molecule has 0 saturated carbocycles. The normalized spacial score (nSPS) is 11.6. The Kier molecular flexibility index (Phi) is 7.75. The van der Waals surface area contributed by atoms with Gasteiger partial charge in [0.1, 0.15) is 0 Å². The van der Waals surface area contributed by atoms with Gasteiger partial charge in [-0.15, -0.1) is 0 Å². The predicted octanol–water partition coefficient (Wildman–Crippen LogP) is 3.56. The van der Waals surface area contributed by atoms with Crippen LogP contribution < -0.4 is 10.6 Å². The quantitative estimate of drug-likeness (QED) is 0.684. The number of anilines is 1. The summed E-state index contributed by atoms with van der Waals surface area (Å²) in [5.74, 6) is -0.814. The minimum atomic E-state index is -0.562. The Hall–Kier alpha value is -3.15. The lowest BCUT2D eigenvalue weighted by atomic mass is 10.0. The van der Waals surface area contributed by atoms with Crippen molar-refractivity contribution in [2.75, 3.05) is 11.9 Å². The molecule has 28 heavy (non-hydrogen) atoms. The van der Waals surface area contributed by atoms with Gasteiger partial charge in [0.15, 0.2) is 6.61 Å². The fourth-order valence-corrected chi connectivity index (χ4v) is 2.70. The Morgan fingerprint density at radius 2 is 1.57 bits per heavy atom. The third-order valence-corrected chi connectivity index (χ3v) is 4.18. The van der Waals surface area contributed by atoms with Crippen molar-refractivity contribution in [3.8, 4) is 0 Å². The van der Waals surface area contributed by atoms with Gasteiger partial charge in [-0.05, 0) is 29.2 Å².